The van der Waals surface area contributed by atoms with E-state index in [9.17, 15) is 14.7 Å². The van der Waals surface area contributed by atoms with E-state index in [0.29, 0.717) is 10.6 Å². The molecule has 2 amide bonds. The lowest BCUT2D eigenvalue weighted by Gasteiger charge is -2.15. The molecule has 0 radical (unpaired) electrons. The van der Waals surface area contributed by atoms with E-state index >= 15 is 0 Å². The normalized spacial score (nSPS) is 14.8. The summed E-state index contributed by atoms with van der Waals surface area (Å²) in [6, 6.07) is 9.72. The molecule has 0 atom stereocenters. The fraction of sp³-hybridized carbons (Fsp3) is 0.111. The van der Waals surface area contributed by atoms with E-state index in [0.717, 1.165) is 16.0 Å². The van der Waals surface area contributed by atoms with E-state index in [-0.39, 0.29) is 16.3 Å². The molecule has 2 aromatic carbocycles. The predicted molar refractivity (Wildman–Crippen MR) is 94.4 cm³/mol. The Balaban J connectivity index is 2.07. The lowest BCUT2D eigenvalue weighted by atomic mass is 10.00. The summed E-state index contributed by atoms with van der Waals surface area (Å²) in [7, 11) is 0. The van der Waals surface area contributed by atoms with E-state index in [1.165, 1.54) is 18.2 Å². The molecular formula is C18H13Cl2NO3. The summed E-state index contributed by atoms with van der Waals surface area (Å²) in [4.78, 5) is 26.0. The number of benzene rings is 2. The average Bonchev–Trinajstić information content (AvgIpc) is 2.75. The Morgan fingerprint density at radius 1 is 0.875 bits per heavy atom. The topological polar surface area (TPSA) is 57.6 Å². The van der Waals surface area contributed by atoms with E-state index in [2.05, 4.69) is 0 Å². The van der Waals surface area contributed by atoms with Gasteiger partial charge in [-0.25, -0.2) is 4.90 Å². The molecule has 0 spiro atoms. The highest BCUT2D eigenvalue weighted by Crippen LogP contribution is 2.35. The highest BCUT2D eigenvalue weighted by Gasteiger charge is 2.40. The average molecular weight is 362 g/mol. The van der Waals surface area contributed by atoms with Gasteiger partial charge in [0.05, 0.1) is 21.3 Å². The molecule has 0 saturated carbocycles. The Labute approximate surface area is 148 Å². The van der Waals surface area contributed by atoms with Gasteiger partial charge in [-0.3, -0.25) is 9.59 Å². The molecule has 0 bridgehead atoms. The van der Waals surface area contributed by atoms with Crippen LogP contribution in [0.4, 0.5) is 5.69 Å². The quantitative estimate of drug-likeness (QED) is 0.803. The monoisotopic (exact) mass is 361 g/mol. The summed E-state index contributed by atoms with van der Waals surface area (Å²) < 4.78 is 0. The summed E-state index contributed by atoms with van der Waals surface area (Å²) in [5.41, 5.74) is 2.74. The van der Waals surface area contributed by atoms with Crippen LogP contribution in [0.3, 0.4) is 0 Å². The Hall–Kier alpha value is -2.30. The number of anilines is 1. The molecule has 0 aromatic heterocycles. The number of rotatable bonds is 2. The van der Waals surface area contributed by atoms with Crippen LogP contribution >= 0.6 is 23.2 Å². The van der Waals surface area contributed by atoms with E-state index in [1.54, 1.807) is 12.1 Å². The first kappa shape index (κ1) is 16.6. The number of amides is 2. The van der Waals surface area contributed by atoms with Crippen LogP contribution < -0.4 is 4.90 Å². The maximum Gasteiger partial charge on any atom is 0.301 e. The van der Waals surface area contributed by atoms with Gasteiger partial charge >= 0.3 is 5.91 Å². The molecule has 0 saturated heterocycles. The number of carbonyl (C=O) groups is 2. The molecule has 1 aliphatic heterocycles. The van der Waals surface area contributed by atoms with Gasteiger partial charge in [0, 0.05) is 0 Å². The van der Waals surface area contributed by atoms with Crippen molar-refractivity contribution in [2.75, 3.05) is 4.90 Å². The van der Waals surface area contributed by atoms with Gasteiger partial charge in [0.25, 0.3) is 5.91 Å². The second-order valence-corrected chi connectivity index (χ2v) is 6.38. The standard InChI is InChI=1S/C18H13Cl2NO3/c1-9-3-4-11(7-10(9)2)15-16(22)18(24)21(17(15)23)12-5-6-13(19)14(20)8-12/h3-8,22H,1-2H3. The highest BCUT2D eigenvalue weighted by molar-refractivity contribution is 6.46. The minimum atomic E-state index is -0.786. The minimum Gasteiger partial charge on any atom is -0.502 e. The number of carbonyl (C=O) groups excluding carboxylic acids is 2. The number of hydrogen-bond donors (Lipinski definition) is 1. The highest BCUT2D eigenvalue weighted by atomic mass is 35.5. The molecule has 4 nitrogen and oxygen atoms in total. The molecule has 0 fully saturated rings. The van der Waals surface area contributed by atoms with Crippen molar-refractivity contribution >= 4 is 46.3 Å². The van der Waals surface area contributed by atoms with Crippen molar-refractivity contribution in [2.24, 2.45) is 0 Å². The Morgan fingerprint density at radius 2 is 1.58 bits per heavy atom. The van der Waals surface area contributed by atoms with Crippen LogP contribution in [0.15, 0.2) is 42.2 Å². The first-order chi connectivity index (χ1) is 11.3. The van der Waals surface area contributed by atoms with Crippen molar-refractivity contribution in [3.05, 3.63) is 68.9 Å². The van der Waals surface area contributed by atoms with Gasteiger partial charge in [-0.15, -0.1) is 0 Å². The molecule has 24 heavy (non-hydrogen) atoms. The zero-order valence-electron chi connectivity index (χ0n) is 12.9. The third-order valence-electron chi connectivity index (χ3n) is 4.02. The van der Waals surface area contributed by atoms with E-state index < -0.39 is 17.6 Å². The van der Waals surface area contributed by atoms with Crippen LogP contribution in [-0.2, 0) is 9.59 Å². The Kier molecular flexibility index (Phi) is 4.11. The van der Waals surface area contributed by atoms with Gasteiger partial charge in [0.15, 0.2) is 5.76 Å². The largest absolute Gasteiger partial charge is 0.502 e. The van der Waals surface area contributed by atoms with Gasteiger partial charge in [-0.05, 0) is 48.7 Å². The zero-order chi connectivity index (χ0) is 17.6. The molecule has 2 aromatic rings. The molecule has 122 valence electrons. The van der Waals surface area contributed by atoms with Crippen LogP contribution in [0.25, 0.3) is 5.57 Å². The van der Waals surface area contributed by atoms with E-state index in [4.69, 9.17) is 23.2 Å². The number of aliphatic hydroxyl groups excluding tert-OH is 1. The smallest absolute Gasteiger partial charge is 0.301 e. The first-order valence-electron chi connectivity index (χ1n) is 7.16. The van der Waals surface area contributed by atoms with E-state index in [1.807, 2.05) is 19.9 Å². The van der Waals surface area contributed by atoms with Crippen molar-refractivity contribution < 1.29 is 14.7 Å². The number of hydrogen-bond acceptors (Lipinski definition) is 3. The van der Waals surface area contributed by atoms with Gasteiger partial charge < -0.3 is 5.11 Å². The molecular weight excluding hydrogens is 349 g/mol. The maximum atomic E-state index is 12.7. The van der Waals surface area contributed by atoms with Gasteiger partial charge in [0.1, 0.15) is 0 Å². The number of imide groups is 1. The third-order valence-corrected chi connectivity index (χ3v) is 4.76. The summed E-state index contributed by atoms with van der Waals surface area (Å²) in [5.74, 6) is -1.96. The molecule has 1 heterocycles. The number of nitrogens with zero attached hydrogens (tertiary/aromatic N) is 1. The van der Waals surface area contributed by atoms with Crippen molar-refractivity contribution in [3.8, 4) is 0 Å². The second-order valence-electron chi connectivity index (χ2n) is 5.57. The minimum absolute atomic E-state index is 0.0193. The lowest BCUT2D eigenvalue weighted by Crippen LogP contribution is -2.31. The summed E-state index contributed by atoms with van der Waals surface area (Å²) in [6.07, 6.45) is 0. The predicted octanol–water partition coefficient (Wildman–Crippen LogP) is 4.45. The van der Waals surface area contributed by atoms with Gasteiger partial charge in [-0.2, -0.15) is 0 Å². The van der Waals surface area contributed by atoms with Crippen LogP contribution in [0.5, 0.6) is 0 Å². The third kappa shape index (κ3) is 2.58. The van der Waals surface area contributed by atoms with Gasteiger partial charge in [0.2, 0.25) is 0 Å². The second kappa shape index (κ2) is 5.96. The van der Waals surface area contributed by atoms with Crippen LogP contribution in [-0.4, -0.2) is 16.9 Å². The Bertz CT molecular complexity index is 918. The molecule has 0 aliphatic carbocycles. The summed E-state index contributed by atoms with van der Waals surface area (Å²) in [5, 5.41) is 10.7. The summed E-state index contributed by atoms with van der Waals surface area (Å²) >= 11 is 11.8. The number of halogens is 2. The van der Waals surface area contributed by atoms with Crippen LogP contribution in [0.2, 0.25) is 10.0 Å². The zero-order valence-corrected chi connectivity index (χ0v) is 14.4. The molecule has 1 aliphatic rings. The molecule has 3 rings (SSSR count). The van der Waals surface area contributed by atoms with Crippen molar-refractivity contribution in [1.29, 1.82) is 0 Å². The number of aryl methyl sites for hydroxylation is 2. The fourth-order valence-corrected chi connectivity index (χ4v) is 2.83. The van der Waals surface area contributed by atoms with Crippen LogP contribution in [0.1, 0.15) is 16.7 Å². The van der Waals surface area contributed by atoms with Crippen molar-refractivity contribution in [2.45, 2.75) is 13.8 Å². The number of aliphatic hydroxyl groups is 1. The van der Waals surface area contributed by atoms with Crippen molar-refractivity contribution in [3.63, 3.8) is 0 Å². The fourth-order valence-electron chi connectivity index (χ4n) is 2.53. The maximum absolute atomic E-state index is 12.7. The Morgan fingerprint density at radius 3 is 2.21 bits per heavy atom. The SMILES string of the molecule is Cc1ccc(C2=C(O)C(=O)N(c3ccc(Cl)c(Cl)c3)C2=O)cc1C. The van der Waals surface area contributed by atoms with Gasteiger partial charge in [-0.1, -0.05) is 41.4 Å². The lowest BCUT2D eigenvalue weighted by molar-refractivity contribution is -0.121. The molecule has 0 unspecified atom stereocenters. The van der Waals surface area contributed by atoms with Crippen LogP contribution in [0, 0.1) is 13.8 Å². The molecule has 6 heteroatoms. The molecule has 1 N–H and O–H groups in total. The van der Waals surface area contributed by atoms with Crippen molar-refractivity contribution in [1.82, 2.24) is 0 Å². The summed E-state index contributed by atoms with van der Waals surface area (Å²) in [6.45, 7) is 3.84. The first-order valence-corrected chi connectivity index (χ1v) is 7.91.